The Morgan fingerprint density at radius 3 is 3.12 bits per heavy atom. The Hall–Kier alpha value is -1.09. The number of aromatic nitrogens is 1. The summed E-state index contributed by atoms with van der Waals surface area (Å²) in [4.78, 5) is 18.3. The van der Waals surface area contributed by atoms with Gasteiger partial charge in [0.05, 0.1) is 10.6 Å². The quantitative estimate of drug-likeness (QED) is 0.810. The number of rotatable bonds is 2. The molecule has 1 aliphatic rings. The predicted octanol–water partition coefficient (Wildman–Crippen LogP) is 3.14. The van der Waals surface area contributed by atoms with E-state index in [4.69, 9.17) is 11.6 Å². The zero-order chi connectivity index (χ0) is 12.3. The van der Waals surface area contributed by atoms with Crippen molar-refractivity contribution in [2.45, 2.75) is 38.6 Å². The van der Waals surface area contributed by atoms with Crippen LogP contribution in [0.25, 0.3) is 0 Å². The number of hydrogen-bond donors (Lipinski definition) is 0. The average molecular weight is 253 g/mol. The van der Waals surface area contributed by atoms with Gasteiger partial charge in [-0.25, -0.2) is 0 Å². The topological polar surface area (TPSA) is 33.2 Å². The van der Waals surface area contributed by atoms with E-state index in [1.807, 2.05) is 4.90 Å². The van der Waals surface area contributed by atoms with Gasteiger partial charge in [0.1, 0.15) is 0 Å². The average Bonchev–Trinajstić information content (AvgIpc) is 2.38. The van der Waals surface area contributed by atoms with Crippen molar-refractivity contribution in [1.29, 1.82) is 0 Å². The van der Waals surface area contributed by atoms with E-state index in [0.29, 0.717) is 16.6 Å². The van der Waals surface area contributed by atoms with Crippen LogP contribution >= 0.6 is 11.6 Å². The molecule has 0 aliphatic carbocycles. The predicted molar refractivity (Wildman–Crippen MR) is 68.2 cm³/mol. The lowest BCUT2D eigenvalue weighted by Crippen LogP contribution is -2.43. The molecule has 17 heavy (non-hydrogen) atoms. The number of likely N-dealkylation sites (tertiary alicyclic amines) is 1. The highest BCUT2D eigenvalue weighted by molar-refractivity contribution is 6.33. The molecule has 0 bridgehead atoms. The molecule has 4 heteroatoms. The van der Waals surface area contributed by atoms with Crippen molar-refractivity contribution >= 4 is 17.5 Å². The number of piperidine rings is 1. The molecule has 1 atom stereocenters. The second kappa shape index (κ2) is 5.50. The molecule has 1 aliphatic heterocycles. The Morgan fingerprint density at radius 1 is 1.59 bits per heavy atom. The van der Waals surface area contributed by atoms with Crippen LogP contribution in [0.5, 0.6) is 0 Å². The molecule has 1 aromatic rings. The highest BCUT2D eigenvalue weighted by atomic mass is 35.5. The maximum atomic E-state index is 12.4. The number of pyridine rings is 1. The third kappa shape index (κ3) is 2.60. The van der Waals surface area contributed by atoms with Crippen LogP contribution in [0.3, 0.4) is 0 Å². The number of nitrogens with zero attached hydrogens (tertiary/aromatic N) is 2. The first kappa shape index (κ1) is 12.4. The minimum atomic E-state index is 0.0453. The number of halogens is 1. The third-order valence-electron chi connectivity index (χ3n) is 3.36. The molecule has 0 aromatic carbocycles. The van der Waals surface area contributed by atoms with Gasteiger partial charge < -0.3 is 4.90 Å². The standard InChI is InChI=1S/C13H17ClN2O/c1-2-10-5-3-4-8-16(10)13(17)11-6-7-15-9-12(11)14/h6-7,9-10H,2-5,8H2,1H3. The third-order valence-corrected chi connectivity index (χ3v) is 3.66. The van der Waals surface area contributed by atoms with Crippen molar-refractivity contribution in [1.82, 2.24) is 9.88 Å². The largest absolute Gasteiger partial charge is 0.336 e. The van der Waals surface area contributed by atoms with Gasteiger partial charge in [-0.3, -0.25) is 9.78 Å². The smallest absolute Gasteiger partial charge is 0.255 e. The fourth-order valence-corrected chi connectivity index (χ4v) is 2.60. The lowest BCUT2D eigenvalue weighted by molar-refractivity contribution is 0.0608. The summed E-state index contributed by atoms with van der Waals surface area (Å²) >= 11 is 6.02. The van der Waals surface area contributed by atoms with E-state index in [-0.39, 0.29) is 5.91 Å². The van der Waals surface area contributed by atoms with Crippen LogP contribution < -0.4 is 0 Å². The van der Waals surface area contributed by atoms with E-state index in [0.717, 1.165) is 25.8 Å². The summed E-state index contributed by atoms with van der Waals surface area (Å²) in [5.41, 5.74) is 0.571. The number of carbonyl (C=O) groups excluding carboxylic acids is 1. The van der Waals surface area contributed by atoms with E-state index in [9.17, 15) is 4.79 Å². The van der Waals surface area contributed by atoms with Crippen LogP contribution in [0.1, 0.15) is 43.0 Å². The molecule has 1 amide bonds. The monoisotopic (exact) mass is 252 g/mol. The van der Waals surface area contributed by atoms with Gasteiger partial charge in [-0.15, -0.1) is 0 Å². The molecule has 1 aromatic heterocycles. The van der Waals surface area contributed by atoms with Gasteiger partial charge in [0, 0.05) is 25.0 Å². The molecule has 3 nitrogen and oxygen atoms in total. The van der Waals surface area contributed by atoms with Crippen molar-refractivity contribution < 1.29 is 4.79 Å². The molecule has 0 radical (unpaired) electrons. The Bertz CT molecular complexity index is 408. The van der Waals surface area contributed by atoms with Crippen LogP contribution in [-0.4, -0.2) is 28.4 Å². The van der Waals surface area contributed by atoms with E-state index < -0.39 is 0 Å². The van der Waals surface area contributed by atoms with Gasteiger partial charge in [-0.2, -0.15) is 0 Å². The van der Waals surface area contributed by atoms with Crippen LogP contribution in [0.4, 0.5) is 0 Å². The Kier molecular flexibility index (Phi) is 4.00. The van der Waals surface area contributed by atoms with Crippen LogP contribution in [0, 0.1) is 0 Å². The van der Waals surface area contributed by atoms with Crippen molar-refractivity contribution in [2.24, 2.45) is 0 Å². The zero-order valence-corrected chi connectivity index (χ0v) is 10.8. The molecule has 1 saturated heterocycles. The minimum absolute atomic E-state index is 0.0453. The van der Waals surface area contributed by atoms with Crippen molar-refractivity contribution in [2.75, 3.05) is 6.54 Å². The van der Waals surface area contributed by atoms with Gasteiger partial charge >= 0.3 is 0 Å². The Morgan fingerprint density at radius 2 is 2.41 bits per heavy atom. The van der Waals surface area contributed by atoms with Crippen molar-refractivity contribution in [3.63, 3.8) is 0 Å². The van der Waals surface area contributed by atoms with Crippen LogP contribution in [0.2, 0.25) is 5.02 Å². The van der Waals surface area contributed by atoms with Gasteiger partial charge in [-0.05, 0) is 31.7 Å². The first-order valence-corrected chi connectivity index (χ1v) is 6.52. The summed E-state index contributed by atoms with van der Waals surface area (Å²) < 4.78 is 0. The van der Waals surface area contributed by atoms with E-state index in [2.05, 4.69) is 11.9 Å². The second-order valence-electron chi connectivity index (χ2n) is 4.41. The summed E-state index contributed by atoms with van der Waals surface area (Å²) in [7, 11) is 0. The van der Waals surface area contributed by atoms with Gasteiger partial charge in [0.25, 0.3) is 5.91 Å². The van der Waals surface area contributed by atoms with Crippen LogP contribution in [-0.2, 0) is 0 Å². The molecule has 1 unspecified atom stereocenters. The summed E-state index contributed by atoms with van der Waals surface area (Å²) in [5.74, 6) is 0.0453. The zero-order valence-electron chi connectivity index (χ0n) is 10.0. The highest BCUT2D eigenvalue weighted by Gasteiger charge is 2.27. The van der Waals surface area contributed by atoms with Gasteiger partial charge in [0.15, 0.2) is 0 Å². The lowest BCUT2D eigenvalue weighted by Gasteiger charge is -2.35. The molecule has 1 fully saturated rings. The maximum Gasteiger partial charge on any atom is 0.255 e. The SMILES string of the molecule is CCC1CCCCN1C(=O)c1ccncc1Cl. The fourth-order valence-electron chi connectivity index (χ4n) is 2.40. The van der Waals surface area contributed by atoms with E-state index >= 15 is 0 Å². The summed E-state index contributed by atoms with van der Waals surface area (Å²) in [6.07, 6.45) is 7.56. The molecule has 0 saturated carbocycles. The summed E-state index contributed by atoms with van der Waals surface area (Å²) in [5, 5.41) is 0.443. The molecule has 2 heterocycles. The highest BCUT2D eigenvalue weighted by Crippen LogP contribution is 2.24. The Labute approximate surface area is 107 Å². The maximum absolute atomic E-state index is 12.4. The number of hydrogen-bond acceptors (Lipinski definition) is 2. The molecule has 0 spiro atoms. The summed E-state index contributed by atoms with van der Waals surface area (Å²) in [6, 6.07) is 2.06. The van der Waals surface area contributed by atoms with Gasteiger partial charge in [-0.1, -0.05) is 18.5 Å². The van der Waals surface area contributed by atoms with Crippen molar-refractivity contribution in [3.05, 3.63) is 29.0 Å². The van der Waals surface area contributed by atoms with E-state index in [1.165, 1.54) is 12.6 Å². The second-order valence-corrected chi connectivity index (χ2v) is 4.82. The number of amides is 1. The normalized spacial score (nSPS) is 20.4. The van der Waals surface area contributed by atoms with E-state index in [1.54, 1.807) is 12.3 Å². The Balaban J connectivity index is 2.21. The fraction of sp³-hybridized carbons (Fsp3) is 0.538. The molecule has 92 valence electrons. The lowest BCUT2D eigenvalue weighted by atomic mass is 9.99. The summed E-state index contributed by atoms with van der Waals surface area (Å²) in [6.45, 7) is 2.97. The molecule has 0 N–H and O–H groups in total. The molecular weight excluding hydrogens is 236 g/mol. The first-order chi connectivity index (χ1) is 8.24. The van der Waals surface area contributed by atoms with Crippen LogP contribution in [0.15, 0.2) is 18.5 Å². The van der Waals surface area contributed by atoms with Gasteiger partial charge in [0.2, 0.25) is 0 Å². The number of carbonyl (C=O) groups is 1. The van der Waals surface area contributed by atoms with Crippen molar-refractivity contribution in [3.8, 4) is 0 Å². The minimum Gasteiger partial charge on any atom is -0.336 e. The molecule has 2 rings (SSSR count). The molecular formula is C13H17ClN2O. The first-order valence-electron chi connectivity index (χ1n) is 6.14.